The van der Waals surface area contributed by atoms with Gasteiger partial charge in [0.05, 0.1) is 13.2 Å². The number of carbonyl (C=O) groups is 2. The van der Waals surface area contributed by atoms with Crippen LogP contribution in [-0.4, -0.2) is 60.7 Å². The molecule has 0 aliphatic heterocycles. The second-order valence-corrected chi connectivity index (χ2v) is 15.2. The van der Waals surface area contributed by atoms with Gasteiger partial charge in [-0.2, -0.15) is 0 Å². The largest absolute Gasteiger partial charge is 0.472 e. The van der Waals surface area contributed by atoms with Crippen molar-refractivity contribution in [2.75, 3.05) is 26.4 Å². The molecule has 0 saturated heterocycles. The number of hydrogen-bond donors (Lipinski definition) is 3. The van der Waals surface area contributed by atoms with Crippen molar-refractivity contribution in [3.63, 3.8) is 0 Å². The van der Waals surface area contributed by atoms with E-state index >= 15 is 0 Å². The molecule has 0 aromatic rings. The highest BCUT2D eigenvalue weighted by Crippen LogP contribution is 2.43. The minimum absolute atomic E-state index is 0.0369. The maximum atomic E-state index is 12.6. The van der Waals surface area contributed by atoms with Crippen molar-refractivity contribution in [2.24, 2.45) is 5.73 Å². The zero-order chi connectivity index (χ0) is 39.1. The van der Waals surface area contributed by atoms with E-state index in [0.717, 1.165) is 89.9 Å². The monoisotopic (exact) mass is 774 g/mol. The van der Waals surface area contributed by atoms with E-state index in [0.29, 0.717) is 12.8 Å². The predicted octanol–water partition coefficient (Wildman–Crippen LogP) is 10.9. The van der Waals surface area contributed by atoms with Crippen molar-refractivity contribution in [2.45, 2.75) is 187 Å². The molecule has 0 aliphatic carbocycles. The van der Waals surface area contributed by atoms with Crippen LogP contribution in [0.3, 0.4) is 0 Å². The number of carbonyl (C=O) groups excluding carboxylic acids is 2. The van der Waals surface area contributed by atoms with E-state index in [1.807, 2.05) is 18.2 Å². The zero-order valence-corrected chi connectivity index (χ0v) is 34.2. The van der Waals surface area contributed by atoms with Crippen molar-refractivity contribution < 1.29 is 47.7 Å². The fourth-order valence-corrected chi connectivity index (χ4v) is 6.31. The quantitative estimate of drug-likeness (QED) is 0.0104. The molecule has 0 aromatic heterocycles. The first kappa shape index (κ1) is 51.1. The van der Waals surface area contributed by atoms with Gasteiger partial charge in [0.25, 0.3) is 0 Å². The summed E-state index contributed by atoms with van der Waals surface area (Å²) in [7, 11) is -4.40. The van der Waals surface area contributed by atoms with E-state index in [2.05, 4.69) is 37.0 Å². The molecule has 53 heavy (non-hydrogen) atoms. The van der Waals surface area contributed by atoms with Crippen LogP contribution in [0.1, 0.15) is 174 Å². The fraction of sp³-hybridized carbons (Fsp3) is 0.805. The van der Waals surface area contributed by atoms with Crippen LogP contribution in [0, 0.1) is 0 Å². The molecule has 0 aliphatic rings. The van der Waals surface area contributed by atoms with E-state index in [-0.39, 0.29) is 38.7 Å². The van der Waals surface area contributed by atoms with Crippen LogP contribution in [0.2, 0.25) is 0 Å². The number of ether oxygens (including phenoxy) is 2. The Kier molecular flexibility index (Phi) is 37.1. The topological polar surface area (TPSA) is 164 Å². The Balaban J connectivity index is 4.30. The second kappa shape index (κ2) is 38.4. The average molecular weight is 774 g/mol. The first-order valence-corrected chi connectivity index (χ1v) is 22.2. The molecule has 4 N–H and O–H groups in total. The van der Waals surface area contributed by atoms with Crippen LogP contribution in [0.5, 0.6) is 0 Å². The van der Waals surface area contributed by atoms with Crippen LogP contribution in [0.25, 0.3) is 0 Å². The molecule has 11 nitrogen and oxygen atoms in total. The van der Waals surface area contributed by atoms with Gasteiger partial charge in [0.1, 0.15) is 12.7 Å². The highest BCUT2D eigenvalue weighted by molar-refractivity contribution is 7.47. The summed E-state index contributed by atoms with van der Waals surface area (Å²) in [4.78, 5) is 39.3. The second-order valence-electron chi connectivity index (χ2n) is 13.8. The van der Waals surface area contributed by atoms with Crippen LogP contribution < -0.4 is 5.73 Å². The van der Waals surface area contributed by atoms with Crippen molar-refractivity contribution in [3.8, 4) is 0 Å². The maximum Gasteiger partial charge on any atom is 0.472 e. The lowest BCUT2D eigenvalue weighted by molar-refractivity contribution is -0.267. The molecule has 0 radical (unpaired) electrons. The molecule has 0 spiro atoms. The Morgan fingerprint density at radius 3 is 1.77 bits per heavy atom. The van der Waals surface area contributed by atoms with Gasteiger partial charge in [-0.25, -0.2) is 9.45 Å². The van der Waals surface area contributed by atoms with Gasteiger partial charge in [-0.15, -0.1) is 0 Å². The molecule has 0 bridgehead atoms. The number of unbranched alkanes of at least 4 members (excludes halogenated alkanes) is 18. The van der Waals surface area contributed by atoms with E-state index in [1.54, 1.807) is 0 Å². The first-order chi connectivity index (χ1) is 25.8. The molecule has 310 valence electrons. The van der Waals surface area contributed by atoms with Crippen molar-refractivity contribution in [1.29, 1.82) is 0 Å². The number of hydrogen-bond acceptors (Lipinski definition) is 10. The average Bonchev–Trinajstić information content (AvgIpc) is 3.14. The number of rotatable bonds is 39. The van der Waals surface area contributed by atoms with Gasteiger partial charge in [0, 0.05) is 19.4 Å². The molecule has 0 heterocycles. The lowest BCUT2D eigenvalue weighted by atomic mass is 10.1. The molecular formula is C41H76NO10P. The Morgan fingerprint density at radius 1 is 0.660 bits per heavy atom. The summed E-state index contributed by atoms with van der Waals surface area (Å²) in [6.07, 6.45) is 36.3. The molecule has 12 heteroatoms. The van der Waals surface area contributed by atoms with Gasteiger partial charge < -0.3 is 20.1 Å². The molecular weight excluding hydrogens is 697 g/mol. The molecule has 0 aromatic carbocycles. The minimum Gasteiger partial charge on any atom is -0.462 e. The third kappa shape index (κ3) is 36.9. The number of phosphoric acid groups is 1. The Bertz CT molecular complexity index is 990. The molecule has 3 unspecified atom stereocenters. The minimum atomic E-state index is -4.40. The summed E-state index contributed by atoms with van der Waals surface area (Å²) in [6.45, 7) is 3.51. The van der Waals surface area contributed by atoms with Crippen molar-refractivity contribution >= 4 is 19.8 Å². The van der Waals surface area contributed by atoms with Gasteiger partial charge in [-0.1, -0.05) is 140 Å². The standard InChI is InChI=1S/C41H76NO10P/c1-3-5-7-8-9-10-11-12-13-14-15-18-21-24-28-32-40(43)48-36-39(37-50-53(46,47)49-35-34-42)51-41(44)33-29-25-22-19-16-17-20-23-27-31-38(52-45)30-26-6-4-2/h12-13,20,23,27,31,38-39,45H,3-11,14-19,21-22,24-26,28-30,32-37,42H2,1-2H3,(H,46,47)/b13-12-,23-20-,31-27+. The fourth-order valence-electron chi connectivity index (χ4n) is 5.55. The Hall–Kier alpha value is -1.85. The highest BCUT2D eigenvalue weighted by atomic mass is 31.2. The first-order valence-electron chi connectivity index (χ1n) is 20.7. The molecule has 0 saturated carbocycles. The summed E-state index contributed by atoms with van der Waals surface area (Å²) in [6, 6.07) is 0. The van der Waals surface area contributed by atoms with Gasteiger partial charge in [-0.3, -0.25) is 23.9 Å². The summed E-state index contributed by atoms with van der Waals surface area (Å²) in [5.41, 5.74) is 5.33. The van der Waals surface area contributed by atoms with E-state index < -0.39 is 32.5 Å². The van der Waals surface area contributed by atoms with Crippen LogP contribution in [0.4, 0.5) is 0 Å². The van der Waals surface area contributed by atoms with Crippen molar-refractivity contribution in [3.05, 3.63) is 36.5 Å². The summed E-state index contributed by atoms with van der Waals surface area (Å²) in [5.74, 6) is -0.899. The molecule has 3 atom stereocenters. The van der Waals surface area contributed by atoms with Gasteiger partial charge >= 0.3 is 19.8 Å². The van der Waals surface area contributed by atoms with Crippen LogP contribution in [0.15, 0.2) is 36.5 Å². The van der Waals surface area contributed by atoms with E-state index in [1.165, 1.54) is 44.9 Å². The molecule has 0 rings (SSSR count). The molecule has 0 fully saturated rings. The van der Waals surface area contributed by atoms with Crippen LogP contribution >= 0.6 is 7.82 Å². The van der Waals surface area contributed by atoms with E-state index in [4.69, 9.17) is 29.5 Å². The smallest absolute Gasteiger partial charge is 0.462 e. The number of phosphoric ester groups is 1. The van der Waals surface area contributed by atoms with Gasteiger partial charge in [0.2, 0.25) is 0 Å². The lowest BCUT2D eigenvalue weighted by Crippen LogP contribution is -2.29. The van der Waals surface area contributed by atoms with Crippen LogP contribution in [-0.2, 0) is 37.6 Å². The highest BCUT2D eigenvalue weighted by Gasteiger charge is 2.26. The normalized spacial score (nSPS) is 14.3. The van der Waals surface area contributed by atoms with E-state index in [9.17, 15) is 19.0 Å². The maximum absolute atomic E-state index is 12.6. The predicted molar refractivity (Wildman–Crippen MR) is 213 cm³/mol. The third-order valence-electron chi connectivity index (χ3n) is 8.72. The van der Waals surface area contributed by atoms with Gasteiger partial charge in [-0.05, 0) is 57.8 Å². The summed E-state index contributed by atoms with van der Waals surface area (Å²) in [5, 5.41) is 9.00. The SMILES string of the molecule is CCCCCCCC/C=C\CCCCCCCC(=O)OCC(COP(=O)(O)OCCN)OC(=O)CCCCCCC/C=C\C=C\C(CCCCC)OO. The number of esters is 2. The van der Waals surface area contributed by atoms with Gasteiger partial charge in [0.15, 0.2) is 6.10 Å². The number of allylic oxidation sites excluding steroid dienone is 5. The number of nitrogens with two attached hydrogens (primary N) is 1. The lowest BCUT2D eigenvalue weighted by Gasteiger charge is -2.19. The third-order valence-corrected chi connectivity index (χ3v) is 9.70. The summed E-state index contributed by atoms with van der Waals surface area (Å²) >= 11 is 0. The molecule has 0 amide bonds. The van der Waals surface area contributed by atoms with Crippen molar-refractivity contribution in [1.82, 2.24) is 0 Å². The Morgan fingerprint density at radius 2 is 1.19 bits per heavy atom. The Labute approximate surface area is 322 Å². The summed E-state index contributed by atoms with van der Waals surface area (Å²) < 4.78 is 32.7. The zero-order valence-electron chi connectivity index (χ0n) is 33.3.